The predicted octanol–water partition coefficient (Wildman–Crippen LogP) is 5.01. The number of nitrogens with zero attached hydrogens (tertiary/aromatic N) is 2. The molecule has 2 aliphatic carbocycles. The fourth-order valence-electron chi connectivity index (χ4n) is 6.48. The molecule has 0 bridgehead atoms. The van der Waals surface area contributed by atoms with Crippen LogP contribution in [0.5, 0.6) is 0 Å². The van der Waals surface area contributed by atoms with E-state index < -0.39 is 28.6 Å². The van der Waals surface area contributed by atoms with Gasteiger partial charge in [0.05, 0.1) is 16.7 Å². The molecule has 8 nitrogen and oxygen atoms in total. The Morgan fingerprint density at radius 3 is 2.64 bits per heavy atom. The van der Waals surface area contributed by atoms with E-state index in [0.29, 0.717) is 17.6 Å². The first-order valence-electron chi connectivity index (χ1n) is 12.2. The van der Waals surface area contributed by atoms with Crippen molar-refractivity contribution in [2.24, 2.45) is 11.3 Å². The topological polar surface area (TPSA) is 99.0 Å². The van der Waals surface area contributed by atoms with Gasteiger partial charge in [-0.15, -0.1) is 0 Å². The first kappa shape index (κ1) is 22.7. The Kier molecular flexibility index (Phi) is 4.95. The molecule has 2 aromatic rings. The Bertz CT molecular complexity index is 1350. The summed E-state index contributed by atoms with van der Waals surface area (Å²) in [6.07, 6.45) is 4.74. The van der Waals surface area contributed by atoms with E-state index in [2.05, 4.69) is 6.92 Å². The quantitative estimate of drug-likeness (QED) is 0.341. The number of ether oxygens (including phenoxy) is 1. The molecule has 2 saturated heterocycles. The molecule has 1 spiro atoms. The lowest BCUT2D eigenvalue weighted by Gasteiger charge is -2.44. The summed E-state index contributed by atoms with van der Waals surface area (Å²) in [5.74, 6) is -0.789. The zero-order chi connectivity index (χ0) is 25.2. The Labute approximate surface area is 208 Å². The molecular formula is C28H26N2O6. The number of benzene rings is 2. The minimum absolute atomic E-state index is 0.0185. The molecule has 5 atom stereocenters. The maximum Gasteiger partial charge on any atom is 0.342 e. The summed E-state index contributed by atoms with van der Waals surface area (Å²) in [7, 11) is 0. The number of hydrogen-bond acceptors (Lipinski definition) is 7. The van der Waals surface area contributed by atoms with Crippen molar-refractivity contribution < 1.29 is 24.1 Å². The van der Waals surface area contributed by atoms with Crippen molar-refractivity contribution in [1.82, 2.24) is 0 Å². The summed E-state index contributed by atoms with van der Waals surface area (Å²) in [6.45, 7) is 3.89. The summed E-state index contributed by atoms with van der Waals surface area (Å²) in [5, 5.41) is 13.2. The zero-order valence-electron chi connectivity index (χ0n) is 20.0. The number of esters is 1. The second-order valence-corrected chi connectivity index (χ2v) is 10.3. The average molecular weight is 487 g/mol. The number of carbonyl (C=O) groups excluding carboxylic acids is 2. The third kappa shape index (κ3) is 3.17. The van der Waals surface area contributed by atoms with Crippen LogP contribution < -0.4 is 5.06 Å². The molecule has 0 aromatic heterocycles. The van der Waals surface area contributed by atoms with E-state index in [-0.39, 0.29) is 29.2 Å². The molecule has 0 unspecified atom stereocenters. The molecule has 3 fully saturated rings. The average Bonchev–Trinajstić information content (AvgIpc) is 3.41. The van der Waals surface area contributed by atoms with E-state index in [9.17, 15) is 19.7 Å². The van der Waals surface area contributed by atoms with Gasteiger partial charge in [-0.3, -0.25) is 19.7 Å². The monoisotopic (exact) mass is 486 g/mol. The number of carbonyl (C=O) groups is 2. The molecule has 0 N–H and O–H groups in total. The van der Waals surface area contributed by atoms with Gasteiger partial charge in [0.25, 0.3) is 5.69 Å². The predicted molar refractivity (Wildman–Crippen MR) is 131 cm³/mol. The van der Waals surface area contributed by atoms with Crippen LogP contribution in [0.25, 0.3) is 0 Å². The van der Waals surface area contributed by atoms with Gasteiger partial charge in [0.15, 0.2) is 5.78 Å². The molecule has 6 rings (SSSR count). The number of rotatable bonds is 3. The van der Waals surface area contributed by atoms with Gasteiger partial charge < -0.3 is 4.74 Å². The molecule has 4 aliphatic rings. The zero-order valence-corrected chi connectivity index (χ0v) is 20.0. The molecule has 0 amide bonds. The molecular weight excluding hydrogens is 460 g/mol. The summed E-state index contributed by atoms with van der Waals surface area (Å²) in [6, 6.07) is 15.4. The fraction of sp³-hybridized carbons (Fsp3) is 0.357. The third-order valence-electron chi connectivity index (χ3n) is 8.31. The van der Waals surface area contributed by atoms with Crippen molar-refractivity contribution in [1.29, 1.82) is 0 Å². The van der Waals surface area contributed by atoms with Crippen LogP contribution in [0.2, 0.25) is 0 Å². The van der Waals surface area contributed by atoms with E-state index in [1.165, 1.54) is 12.1 Å². The summed E-state index contributed by atoms with van der Waals surface area (Å²) in [4.78, 5) is 43.8. The number of para-hydroxylation sites is 1. The molecule has 36 heavy (non-hydrogen) atoms. The summed E-state index contributed by atoms with van der Waals surface area (Å²) in [5.41, 5.74) is 1.31. The van der Waals surface area contributed by atoms with Crippen LogP contribution in [0.4, 0.5) is 11.4 Å². The van der Waals surface area contributed by atoms with Crippen molar-refractivity contribution >= 4 is 23.1 Å². The van der Waals surface area contributed by atoms with Crippen LogP contribution in [-0.2, 0) is 19.2 Å². The Balaban J connectivity index is 1.44. The largest absolute Gasteiger partial charge is 0.455 e. The van der Waals surface area contributed by atoms with E-state index in [1.807, 2.05) is 42.5 Å². The van der Waals surface area contributed by atoms with Crippen molar-refractivity contribution in [3.8, 4) is 0 Å². The number of hydroxylamine groups is 1. The lowest BCUT2D eigenvalue weighted by Crippen LogP contribution is -2.47. The van der Waals surface area contributed by atoms with Crippen molar-refractivity contribution in [3.05, 3.63) is 93.6 Å². The van der Waals surface area contributed by atoms with Gasteiger partial charge in [0.2, 0.25) is 5.60 Å². The molecule has 184 valence electrons. The van der Waals surface area contributed by atoms with Gasteiger partial charge >= 0.3 is 5.97 Å². The van der Waals surface area contributed by atoms with Crippen LogP contribution in [-0.4, -0.2) is 28.4 Å². The van der Waals surface area contributed by atoms with Crippen molar-refractivity contribution in [2.75, 3.05) is 5.06 Å². The second-order valence-electron chi connectivity index (χ2n) is 10.3. The number of hydrogen-bond donors (Lipinski definition) is 0. The van der Waals surface area contributed by atoms with Gasteiger partial charge in [-0.05, 0) is 49.1 Å². The normalized spacial score (nSPS) is 33.1. The number of non-ortho nitro benzene ring substituents is 1. The van der Waals surface area contributed by atoms with Gasteiger partial charge in [-0.2, -0.15) is 0 Å². The number of nitro benzene ring substituents is 1. The molecule has 2 heterocycles. The number of ketones is 1. The molecule has 1 saturated carbocycles. The van der Waals surface area contributed by atoms with Crippen LogP contribution in [0.15, 0.2) is 77.9 Å². The fourth-order valence-corrected chi connectivity index (χ4v) is 6.48. The first-order valence-corrected chi connectivity index (χ1v) is 12.2. The van der Waals surface area contributed by atoms with Crippen LogP contribution in [0.3, 0.4) is 0 Å². The molecule has 8 heteroatoms. The Morgan fingerprint density at radius 1 is 1.11 bits per heavy atom. The van der Waals surface area contributed by atoms with E-state index in [1.54, 1.807) is 24.1 Å². The minimum atomic E-state index is -1.26. The highest BCUT2D eigenvalue weighted by Crippen LogP contribution is 2.59. The van der Waals surface area contributed by atoms with Crippen LogP contribution in [0.1, 0.15) is 44.7 Å². The third-order valence-corrected chi connectivity index (χ3v) is 8.31. The summed E-state index contributed by atoms with van der Waals surface area (Å²) < 4.78 is 6.04. The lowest BCUT2D eigenvalue weighted by molar-refractivity contribution is -0.384. The number of anilines is 1. The highest BCUT2D eigenvalue weighted by molar-refractivity contribution is 6.06. The SMILES string of the molecule is CC1=C2[C@H]3OC(=O)[C@]4(C[C@H](c5cccc([N+](=O)[O-])c5)N(c5ccccc5)O4)[C@@H]3CC[C@@]2(C)C=CC1=O. The maximum absolute atomic E-state index is 13.7. The van der Waals surface area contributed by atoms with Crippen molar-refractivity contribution in [2.45, 2.75) is 50.9 Å². The van der Waals surface area contributed by atoms with Gasteiger partial charge in [-0.1, -0.05) is 43.3 Å². The van der Waals surface area contributed by atoms with E-state index in [4.69, 9.17) is 9.57 Å². The first-order chi connectivity index (χ1) is 17.2. The lowest BCUT2D eigenvalue weighted by atomic mass is 9.60. The highest BCUT2D eigenvalue weighted by Gasteiger charge is 2.68. The van der Waals surface area contributed by atoms with Crippen LogP contribution in [0, 0.1) is 21.4 Å². The van der Waals surface area contributed by atoms with Gasteiger partial charge in [-0.25, -0.2) is 9.86 Å². The Hall–Kier alpha value is -3.78. The molecule has 2 aliphatic heterocycles. The Morgan fingerprint density at radius 2 is 1.89 bits per heavy atom. The van der Waals surface area contributed by atoms with Gasteiger partial charge in [0, 0.05) is 35.5 Å². The standard InChI is InChI=1S/C28H26N2O6/c1-17-23(31)12-14-27(2)13-11-21-25(24(17)27)35-26(32)28(21)16-22(18-7-6-10-20(15-18)30(33)34)29(36-28)19-8-4-3-5-9-19/h3-10,12,14-15,21-22,25H,11,13,16H2,1-2H3/t21-,22-,25+,27+,28+/m1/s1. The summed E-state index contributed by atoms with van der Waals surface area (Å²) >= 11 is 0. The second kappa shape index (κ2) is 7.86. The molecule has 2 aromatic carbocycles. The maximum atomic E-state index is 13.7. The van der Waals surface area contributed by atoms with E-state index >= 15 is 0 Å². The highest BCUT2D eigenvalue weighted by atomic mass is 16.7. The van der Waals surface area contributed by atoms with Crippen LogP contribution >= 0.6 is 0 Å². The van der Waals surface area contributed by atoms with Crippen molar-refractivity contribution in [3.63, 3.8) is 0 Å². The number of nitro groups is 1. The number of fused-ring (bicyclic) bond motifs is 4. The molecule has 0 radical (unpaired) electrons. The van der Waals surface area contributed by atoms with E-state index in [0.717, 1.165) is 17.7 Å². The van der Waals surface area contributed by atoms with Gasteiger partial charge in [0.1, 0.15) is 6.10 Å². The smallest absolute Gasteiger partial charge is 0.342 e. The number of allylic oxidation sites excluding steroid dienone is 3. The minimum Gasteiger partial charge on any atom is -0.455 e.